The molecule has 1 aliphatic rings. The van der Waals surface area contributed by atoms with E-state index in [4.69, 9.17) is 4.74 Å². The van der Waals surface area contributed by atoms with Gasteiger partial charge in [0.05, 0.1) is 13.0 Å². The van der Waals surface area contributed by atoms with E-state index in [1.807, 2.05) is 0 Å². The van der Waals surface area contributed by atoms with Crippen molar-refractivity contribution in [2.75, 3.05) is 20.2 Å². The molecule has 0 aromatic carbocycles. The summed E-state index contributed by atoms with van der Waals surface area (Å²) in [5.74, 6) is -1.29. The Bertz CT molecular complexity index is 483. The summed E-state index contributed by atoms with van der Waals surface area (Å²) < 4.78 is 42.6. The van der Waals surface area contributed by atoms with Gasteiger partial charge in [-0.3, -0.25) is 4.79 Å². The summed E-state index contributed by atoms with van der Waals surface area (Å²) in [5.41, 5.74) is 0.377. The van der Waals surface area contributed by atoms with Gasteiger partial charge in [-0.05, 0) is 18.9 Å². The molecule has 4 nitrogen and oxygen atoms in total. The van der Waals surface area contributed by atoms with Crippen LogP contribution in [0.4, 0.5) is 13.2 Å². The van der Waals surface area contributed by atoms with Crippen LogP contribution >= 0.6 is 0 Å². The monoisotopic (exact) mass is 288 g/mol. The van der Waals surface area contributed by atoms with Gasteiger partial charge in [0.25, 0.3) is 5.91 Å². The largest absolute Gasteiger partial charge is 0.481 e. The number of carbonyl (C=O) groups excluding carboxylic acids is 1. The number of piperidine rings is 1. The third-order valence-electron chi connectivity index (χ3n) is 3.44. The van der Waals surface area contributed by atoms with Gasteiger partial charge < -0.3 is 9.64 Å². The molecule has 0 saturated carbocycles. The molecule has 0 unspecified atom stereocenters. The lowest BCUT2D eigenvalue weighted by molar-refractivity contribution is -0.183. The molecule has 2 rings (SSSR count). The molecular formula is C13H15F3N2O2. The Balaban J connectivity index is 2.01. The van der Waals surface area contributed by atoms with Crippen LogP contribution in [0.15, 0.2) is 18.3 Å². The van der Waals surface area contributed by atoms with E-state index in [0.717, 1.165) is 0 Å². The predicted molar refractivity (Wildman–Crippen MR) is 65.5 cm³/mol. The van der Waals surface area contributed by atoms with Crippen molar-refractivity contribution in [3.8, 4) is 5.88 Å². The van der Waals surface area contributed by atoms with Gasteiger partial charge >= 0.3 is 6.18 Å². The van der Waals surface area contributed by atoms with Gasteiger partial charge in [-0.15, -0.1) is 0 Å². The number of hydrogen-bond donors (Lipinski definition) is 0. The van der Waals surface area contributed by atoms with Crippen molar-refractivity contribution >= 4 is 5.91 Å². The maximum atomic E-state index is 12.6. The molecule has 1 aromatic rings. The minimum Gasteiger partial charge on any atom is -0.481 e. The number of hydrogen-bond acceptors (Lipinski definition) is 3. The Hall–Kier alpha value is -1.79. The smallest absolute Gasteiger partial charge is 0.391 e. The third-order valence-corrected chi connectivity index (χ3v) is 3.44. The van der Waals surface area contributed by atoms with Crippen molar-refractivity contribution in [2.45, 2.75) is 19.0 Å². The van der Waals surface area contributed by atoms with E-state index in [9.17, 15) is 18.0 Å². The highest BCUT2D eigenvalue weighted by molar-refractivity contribution is 5.94. The van der Waals surface area contributed by atoms with Crippen LogP contribution in [0.2, 0.25) is 0 Å². The molecular weight excluding hydrogens is 273 g/mol. The zero-order chi connectivity index (χ0) is 14.8. The van der Waals surface area contributed by atoms with Gasteiger partial charge in [-0.2, -0.15) is 13.2 Å². The molecule has 0 radical (unpaired) electrons. The molecule has 1 fully saturated rings. The molecule has 1 amide bonds. The van der Waals surface area contributed by atoms with Crippen molar-refractivity contribution in [1.29, 1.82) is 0 Å². The van der Waals surface area contributed by atoms with Crippen LogP contribution in [-0.4, -0.2) is 42.2 Å². The van der Waals surface area contributed by atoms with Crippen LogP contribution in [0.3, 0.4) is 0 Å². The summed E-state index contributed by atoms with van der Waals surface area (Å²) in [7, 11) is 1.44. The Morgan fingerprint density at radius 2 is 2.05 bits per heavy atom. The summed E-state index contributed by atoms with van der Waals surface area (Å²) in [6, 6.07) is 3.01. The molecule has 110 valence electrons. The van der Waals surface area contributed by atoms with Crippen LogP contribution in [0.25, 0.3) is 0 Å². The predicted octanol–water partition coefficient (Wildman–Crippen LogP) is 2.50. The second kappa shape index (κ2) is 5.68. The fraction of sp³-hybridized carbons (Fsp3) is 0.538. The number of aromatic nitrogens is 1. The van der Waals surface area contributed by atoms with Gasteiger partial charge in [-0.25, -0.2) is 4.98 Å². The third kappa shape index (κ3) is 3.20. The van der Waals surface area contributed by atoms with Crippen molar-refractivity contribution in [3.63, 3.8) is 0 Å². The first-order valence-electron chi connectivity index (χ1n) is 6.28. The molecule has 0 N–H and O–H groups in total. The number of pyridine rings is 1. The molecule has 20 heavy (non-hydrogen) atoms. The van der Waals surface area contributed by atoms with Crippen LogP contribution in [-0.2, 0) is 0 Å². The number of likely N-dealkylation sites (tertiary alicyclic amines) is 1. The summed E-state index contributed by atoms with van der Waals surface area (Å²) in [4.78, 5) is 17.5. The molecule has 1 aliphatic heterocycles. The summed E-state index contributed by atoms with van der Waals surface area (Å²) in [6.45, 7) is 0.237. The zero-order valence-electron chi connectivity index (χ0n) is 11.0. The number of carbonyl (C=O) groups is 1. The Morgan fingerprint density at radius 3 is 2.60 bits per heavy atom. The normalized spacial score (nSPS) is 17.1. The van der Waals surface area contributed by atoms with E-state index in [2.05, 4.69) is 4.98 Å². The molecule has 1 saturated heterocycles. The van der Waals surface area contributed by atoms with Crippen LogP contribution in [0, 0.1) is 5.92 Å². The number of amides is 1. The first-order valence-corrected chi connectivity index (χ1v) is 6.28. The lowest BCUT2D eigenvalue weighted by Gasteiger charge is -2.32. The minimum atomic E-state index is -4.17. The average molecular weight is 288 g/mol. The van der Waals surface area contributed by atoms with Crippen molar-refractivity contribution < 1.29 is 22.7 Å². The van der Waals surface area contributed by atoms with E-state index < -0.39 is 12.1 Å². The Labute approximate surface area is 114 Å². The quantitative estimate of drug-likeness (QED) is 0.839. The number of methoxy groups -OCH3 is 1. The molecule has 0 aliphatic carbocycles. The molecule has 1 aromatic heterocycles. The summed E-state index contributed by atoms with van der Waals surface area (Å²) in [5, 5.41) is 0. The maximum Gasteiger partial charge on any atom is 0.391 e. The van der Waals surface area contributed by atoms with E-state index in [1.165, 1.54) is 30.3 Å². The van der Waals surface area contributed by atoms with E-state index in [0.29, 0.717) is 11.4 Å². The Morgan fingerprint density at radius 1 is 1.40 bits per heavy atom. The van der Waals surface area contributed by atoms with Gasteiger partial charge in [0.15, 0.2) is 0 Å². The topological polar surface area (TPSA) is 42.4 Å². The van der Waals surface area contributed by atoms with E-state index >= 15 is 0 Å². The first kappa shape index (κ1) is 14.6. The lowest BCUT2D eigenvalue weighted by atomic mass is 9.96. The summed E-state index contributed by atoms with van der Waals surface area (Å²) in [6.07, 6.45) is -2.82. The standard InChI is InChI=1S/C13H15F3N2O2/c1-20-11-8-9(2-5-17-11)12(19)18-6-3-10(4-7-18)13(14,15)16/h2,5,8,10H,3-4,6-7H2,1H3. The molecule has 2 heterocycles. The number of alkyl halides is 3. The van der Waals surface area contributed by atoms with Gasteiger partial charge in [0.2, 0.25) is 5.88 Å². The highest BCUT2D eigenvalue weighted by atomic mass is 19.4. The van der Waals surface area contributed by atoms with Gasteiger partial charge in [0, 0.05) is 30.9 Å². The molecule has 7 heteroatoms. The molecule has 0 bridgehead atoms. The van der Waals surface area contributed by atoms with Crippen molar-refractivity contribution in [1.82, 2.24) is 9.88 Å². The highest BCUT2D eigenvalue weighted by Gasteiger charge is 2.41. The van der Waals surface area contributed by atoms with Crippen LogP contribution in [0.1, 0.15) is 23.2 Å². The van der Waals surface area contributed by atoms with Crippen LogP contribution in [0.5, 0.6) is 5.88 Å². The van der Waals surface area contributed by atoms with Gasteiger partial charge in [0.1, 0.15) is 0 Å². The maximum absolute atomic E-state index is 12.6. The van der Waals surface area contributed by atoms with Gasteiger partial charge in [-0.1, -0.05) is 0 Å². The number of rotatable bonds is 2. The average Bonchev–Trinajstić information content (AvgIpc) is 2.46. The fourth-order valence-electron chi connectivity index (χ4n) is 2.25. The number of halogens is 3. The first-order chi connectivity index (χ1) is 9.41. The second-order valence-corrected chi connectivity index (χ2v) is 4.69. The Kier molecular flexibility index (Phi) is 4.15. The molecule has 0 atom stereocenters. The van der Waals surface area contributed by atoms with E-state index in [1.54, 1.807) is 0 Å². The lowest BCUT2D eigenvalue weighted by Crippen LogP contribution is -2.42. The summed E-state index contributed by atoms with van der Waals surface area (Å²) >= 11 is 0. The van der Waals surface area contributed by atoms with Crippen LogP contribution < -0.4 is 4.74 Å². The zero-order valence-corrected chi connectivity index (χ0v) is 11.0. The minimum absolute atomic E-state index is 0.0442. The second-order valence-electron chi connectivity index (χ2n) is 4.69. The van der Waals surface area contributed by atoms with E-state index in [-0.39, 0.29) is 31.8 Å². The molecule has 0 spiro atoms. The number of nitrogens with zero attached hydrogens (tertiary/aromatic N) is 2. The van der Waals surface area contributed by atoms with Crippen molar-refractivity contribution in [2.24, 2.45) is 5.92 Å². The van der Waals surface area contributed by atoms with Crippen molar-refractivity contribution in [3.05, 3.63) is 23.9 Å². The fourth-order valence-corrected chi connectivity index (χ4v) is 2.25. The highest BCUT2D eigenvalue weighted by Crippen LogP contribution is 2.34. The number of ether oxygens (including phenoxy) is 1. The SMILES string of the molecule is COc1cc(C(=O)N2CCC(C(F)(F)F)CC2)ccn1.